The molecule has 0 spiro atoms. The molecule has 7 heteroatoms. The first-order valence-electron chi connectivity index (χ1n) is 13.4. The van der Waals surface area contributed by atoms with Crippen LogP contribution in [0.25, 0.3) is 0 Å². The summed E-state index contributed by atoms with van der Waals surface area (Å²) in [4.78, 5) is 11.3. The van der Waals surface area contributed by atoms with E-state index < -0.39 is 0 Å². The minimum Gasteiger partial charge on any atom is -0.458 e. The monoisotopic (exact) mass is 509 g/mol. The van der Waals surface area contributed by atoms with Gasteiger partial charge in [0.15, 0.2) is 0 Å². The Morgan fingerprint density at radius 3 is 1.97 bits per heavy atom. The summed E-state index contributed by atoms with van der Waals surface area (Å²) >= 11 is 0. The summed E-state index contributed by atoms with van der Waals surface area (Å²) in [5, 5.41) is 0. The first kappa shape index (κ1) is 22.2. The summed E-state index contributed by atoms with van der Waals surface area (Å²) in [7, 11) is 4.21. The molecule has 0 aliphatic carbocycles. The summed E-state index contributed by atoms with van der Waals surface area (Å²) in [5.41, 5.74) is 9.59. The Hall–Kier alpha value is -4.78. The molecule has 0 saturated heterocycles. The van der Waals surface area contributed by atoms with Crippen LogP contribution in [-0.2, 0) is 0 Å². The van der Waals surface area contributed by atoms with Crippen molar-refractivity contribution in [2.45, 2.75) is 0 Å². The molecule has 4 heterocycles. The molecule has 0 N–H and O–H groups in total. The summed E-state index contributed by atoms with van der Waals surface area (Å²) in [6.45, 7) is 1.74. The zero-order valence-electron chi connectivity index (χ0n) is 22.0. The zero-order chi connectivity index (χ0) is 26.1. The highest BCUT2D eigenvalue weighted by Crippen LogP contribution is 2.41. The normalized spacial score (nSPS) is 16.5. The van der Waals surface area contributed by atoms with Crippen molar-refractivity contribution in [3.05, 3.63) is 110 Å². The molecule has 190 valence electrons. The molecule has 8 rings (SSSR count). The highest BCUT2D eigenvalue weighted by molar-refractivity contribution is 6.99. The second-order valence-corrected chi connectivity index (χ2v) is 10.7. The minimum atomic E-state index is 0.0587. The van der Waals surface area contributed by atoms with E-state index in [1.54, 1.807) is 0 Å². The van der Waals surface area contributed by atoms with Gasteiger partial charge in [-0.1, -0.05) is 24.3 Å². The van der Waals surface area contributed by atoms with Crippen LogP contribution in [0.3, 0.4) is 0 Å². The van der Waals surface area contributed by atoms with Gasteiger partial charge in [-0.15, -0.1) is 0 Å². The molecule has 0 unspecified atom stereocenters. The van der Waals surface area contributed by atoms with Crippen molar-refractivity contribution in [3.63, 3.8) is 0 Å². The van der Waals surface area contributed by atoms with Crippen molar-refractivity contribution in [3.8, 4) is 11.5 Å². The Kier molecular flexibility index (Phi) is 4.77. The number of para-hydroxylation sites is 1. The highest BCUT2D eigenvalue weighted by Gasteiger charge is 2.42. The molecule has 0 fully saturated rings. The number of hydrogen-bond donors (Lipinski definition) is 0. The van der Waals surface area contributed by atoms with Crippen LogP contribution >= 0.6 is 0 Å². The van der Waals surface area contributed by atoms with E-state index >= 15 is 0 Å². The third-order valence-corrected chi connectivity index (χ3v) is 8.09. The van der Waals surface area contributed by atoms with E-state index in [4.69, 9.17) is 4.74 Å². The number of hydrogen-bond acceptors (Lipinski definition) is 6. The van der Waals surface area contributed by atoms with Crippen LogP contribution in [0.15, 0.2) is 110 Å². The molecular formula is C32H28BN5O. The third kappa shape index (κ3) is 3.43. The number of fused-ring (bicyclic) bond motifs is 4. The Morgan fingerprint density at radius 2 is 1.28 bits per heavy atom. The van der Waals surface area contributed by atoms with Gasteiger partial charge in [0.1, 0.15) is 11.5 Å². The molecule has 39 heavy (non-hydrogen) atoms. The molecule has 0 aromatic heterocycles. The summed E-state index contributed by atoms with van der Waals surface area (Å²) in [6.07, 6.45) is 8.54. The van der Waals surface area contributed by atoms with E-state index in [0.717, 1.165) is 30.5 Å². The van der Waals surface area contributed by atoms with Crippen molar-refractivity contribution in [2.75, 3.05) is 42.1 Å². The fourth-order valence-corrected chi connectivity index (χ4v) is 6.27. The van der Waals surface area contributed by atoms with Gasteiger partial charge in [0.2, 0.25) is 0 Å². The third-order valence-electron chi connectivity index (χ3n) is 8.09. The van der Waals surface area contributed by atoms with Crippen molar-refractivity contribution in [1.82, 2.24) is 9.80 Å². The fraction of sp³-hybridized carbons (Fsp3) is 0.125. The molecule has 4 aliphatic rings. The van der Waals surface area contributed by atoms with Gasteiger partial charge < -0.3 is 29.2 Å². The van der Waals surface area contributed by atoms with E-state index in [-0.39, 0.29) is 6.71 Å². The van der Waals surface area contributed by atoms with E-state index in [1.165, 1.54) is 39.1 Å². The van der Waals surface area contributed by atoms with Crippen LogP contribution < -0.4 is 35.8 Å². The van der Waals surface area contributed by atoms with Gasteiger partial charge in [-0.05, 0) is 77.1 Å². The average molecular weight is 509 g/mol. The maximum absolute atomic E-state index is 6.60. The number of nitrogens with zero attached hydrogens (tertiary/aromatic N) is 5. The molecule has 4 aromatic rings. The molecule has 0 atom stereocenters. The minimum absolute atomic E-state index is 0.0587. The Labute approximate surface area is 229 Å². The maximum Gasteiger partial charge on any atom is 0.256 e. The highest BCUT2D eigenvalue weighted by atomic mass is 16.5. The van der Waals surface area contributed by atoms with Gasteiger partial charge in [0, 0.05) is 67.3 Å². The quantitative estimate of drug-likeness (QED) is 0.327. The zero-order valence-corrected chi connectivity index (χ0v) is 22.0. The Morgan fingerprint density at radius 1 is 0.590 bits per heavy atom. The van der Waals surface area contributed by atoms with Gasteiger partial charge in [0.25, 0.3) is 6.71 Å². The second-order valence-electron chi connectivity index (χ2n) is 10.7. The Bertz CT molecular complexity index is 1670. The lowest BCUT2D eigenvalue weighted by atomic mass is 9.34. The van der Waals surface area contributed by atoms with Crippen molar-refractivity contribution < 1.29 is 4.74 Å². The summed E-state index contributed by atoms with van der Waals surface area (Å²) < 4.78 is 6.60. The van der Waals surface area contributed by atoms with E-state index in [9.17, 15) is 0 Å². The standard InChI is InChI=1S/C32H28BN5O/c1-34-15-17-36(21-34)24-11-13-28-26(19-24)33-27-20-25(37-18-16-35(2)22-37)12-14-30(27)39-31-10-6-9-29(32(31)33)38(28)23-7-4-3-5-8-23/h3-20H,21-22H2,1-2H3. The number of benzene rings is 4. The lowest BCUT2D eigenvalue weighted by Gasteiger charge is -2.40. The van der Waals surface area contributed by atoms with Crippen LogP contribution in [0, 0.1) is 0 Å². The molecule has 4 aromatic carbocycles. The van der Waals surface area contributed by atoms with Crippen molar-refractivity contribution in [2.24, 2.45) is 0 Å². The van der Waals surface area contributed by atoms with Crippen LogP contribution in [-0.4, -0.2) is 43.9 Å². The van der Waals surface area contributed by atoms with Crippen LogP contribution in [0.5, 0.6) is 11.5 Å². The first-order valence-corrected chi connectivity index (χ1v) is 13.4. The molecule has 0 saturated carbocycles. The molecule has 4 aliphatic heterocycles. The van der Waals surface area contributed by atoms with Gasteiger partial charge in [-0.2, -0.15) is 0 Å². The molecule has 6 nitrogen and oxygen atoms in total. The second kappa shape index (κ2) is 8.36. The lowest BCUT2D eigenvalue weighted by Crippen LogP contribution is -2.59. The predicted octanol–water partition coefficient (Wildman–Crippen LogP) is 4.45. The first-order chi connectivity index (χ1) is 19.1. The summed E-state index contributed by atoms with van der Waals surface area (Å²) in [5.74, 6) is 1.85. The van der Waals surface area contributed by atoms with Crippen LogP contribution in [0.2, 0.25) is 0 Å². The average Bonchev–Trinajstić information content (AvgIpc) is 3.61. The van der Waals surface area contributed by atoms with Gasteiger partial charge >= 0.3 is 0 Å². The maximum atomic E-state index is 6.60. The van der Waals surface area contributed by atoms with Crippen molar-refractivity contribution in [1.29, 1.82) is 0 Å². The Balaban J connectivity index is 1.36. The van der Waals surface area contributed by atoms with Crippen LogP contribution in [0.1, 0.15) is 0 Å². The van der Waals surface area contributed by atoms with Gasteiger partial charge in [0.05, 0.1) is 13.3 Å². The number of anilines is 5. The molecule has 0 bridgehead atoms. The fourth-order valence-electron chi connectivity index (χ4n) is 6.27. The van der Waals surface area contributed by atoms with Crippen LogP contribution in [0.4, 0.5) is 28.4 Å². The smallest absolute Gasteiger partial charge is 0.256 e. The molecule has 0 radical (unpaired) electrons. The van der Waals surface area contributed by atoms with Gasteiger partial charge in [-0.25, -0.2) is 0 Å². The SMILES string of the molecule is CN1C=CN(c2ccc3c(c2)B2c4cc(N5C=CN(C)C5)ccc4N(c4ccccc4)c4cccc(c42)O3)C1. The molecule has 0 amide bonds. The molecular weight excluding hydrogens is 481 g/mol. The number of rotatable bonds is 3. The largest absolute Gasteiger partial charge is 0.458 e. The lowest BCUT2D eigenvalue weighted by molar-refractivity contribution is 0.486. The van der Waals surface area contributed by atoms with E-state index in [1.807, 2.05) is 0 Å². The predicted molar refractivity (Wildman–Crippen MR) is 161 cm³/mol. The topological polar surface area (TPSA) is 25.4 Å². The van der Waals surface area contributed by atoms with E-state index in [2.05, 4.69) is 148 Å². The van der Waals surface area contributed by atoms with Gasteiger partial charge in [-0.3, -0.25) is 0 Å². The summed E-state index contributed by atoms with van der Waals surface area (Å²) in [6, 6.07) is 30.6. The van der Waals surface area contributed by atoms with E-state index in [0.29, 0.717) is 0 Å². The van der Waals surface area contributed by atoms with Crippen molar-refractivity contribution >= 4 is 51.5 Å². The number of ether oxygens (including phenoxy) is 1.